The molecule has 0 spiro atoms. The van der Waals surface area contributed by atoms with Crippen LogP contribution in [0.25, 0.3) is 0 Å². The van der Waals surface area contributed by atoms with Gasteiger partial charge in [-0.15, -0.1) is 0 Å². The van der Waals surface area contributed by atoms with Gasteiger partial charge in [0.05, 0.1) is 0 Å². The number of carbonyl (C=O) groups excluding carboxylic acids is 1. The lowest BCUT2D eigenvalue weighted by Gasteiger charge is -2.08. The maximum absolute atomic E-state index is 12.1. The van der Waals surface area contributed by atoms with Crippen molar-refractivity contribution in [1.29, 1.82) is 0 Å². The first-order valence-electron chi connectivity index (χ1n) is 4.94. The maximum Gasteiger partial charge on any atom is 0.242 e. The van der Waals surface area contributed by atoms with Crippen molar-refractivity contribution in [1.82, 2.24) is 0 Å². The van der Waals surface area contributed by atoms with E-state index < -0.39 is 6.43 Å². The molecule has 0 radical (unpaired) electrons. The van der Waals surface area contributed by atoms with Crippen molar-refractivity contribution >= 4 is 6.29 Å². The van der Waals surface area contributed by atoms with E-state index in [1.807, 2.05) is 19.1 Å². The Labute approximate surface area is 88.1 Å². The molecule has 1 nitrogen and oxygen atoms in total. The van der Waals surface area contributed by atoms with Gasteiger partial charge >= 0.3 is 0 Å². The third kappa shape index (κ3) is 3.78. The quantitative estimate of drug-likeness (QED) is 0.685. The van der Waals surface area contributed by atoms with E-state index in [4.69, 9.17) is 0 Å². The van der Waals surface area contributed by atoms with Gasteiger partial charge in [0.2, 0.25) is 6.43 Å². The minimum Gasteiger partial charge on any atom is -0.303 e. The number of carbonyl (C=O) groups is 1. The van der Waals surface area contributed by atoms with Gasteiger partial charge in [-0.2, -0.15) is 0 Å². The third-order valence-corrected chi connectivity index (χ3v) is 2.39. The van der Waals surface area contributed by atoms with Crippen LogP contribution in [0.3, 0.4) is 0 Å². The number of hydrogen-bond donors (Lipinski definition) is 0. The van der Waals surface area contributed by atoms with Crippen LogP contribution in [-0.4, -0.2) is 12.7 Å². The van der Waals surface area contributed by atoms with Gasteiger partial charge in [-0.1, -0.05) is 31.2 Å². The van der Waals surface area contributed by atoms with Crippen LogP contribution in [0.5, 0.6) is 0 Å². The summed E-state index contributed by atoms with van der Waals surface area (Å²) in [5.41, 5.74) is 1.65. The summed E-state index contributed by atoms with van der Waals surface area (Å²) in [6, 6.07) is 7.02. The lowest BCUT2D eigenvalue weighted by Crippen LogP contribution is -1.98. The molecule has 0 saturated carbocycles. The average Bonchev–Trinajstić information content (AvgIpc) is 2.18. The average molecular weight is 212 g/mol. The van der Waals surface area contributed by atoms with Crippen LogP contribution in [0, 0.1) is 0 Å². The summed E-state index contributed by atoms with van der Waals surface area (Å²) >= 11 is 0. The summed E-state index contributed by atoms with van der Waals surface area (Å²) in [5, 5.41) is 0. The molecule has 82 valence electrons. The van der Waals surface area contributed by atoms with Gasteiger partial charge in [0.1, 0.15) is 6.29 Å². The fraction of sp³-hybridized carbons (Fsp3) is 0.417. The van der Waals surface area contributed by atoms with Gasteiger partial charge in [0.15, 0.2) is 0 Å². The largest absolute Gasteiger partial charge is 0.303 e. The van der Waals surface area contributed by atoms with Crippen molar-refractivity contribution in [3.05, 3.63) is 35.4 Å². The van der Waals surface area contributed by atoms with Gasteiger partial charge in [0.25, 0.3) is 0 Å². The number of halogens is 2. The van der Waals surface area contributed by atoms with Crippen LogP contribution in [0.2, 0.25) is 0 Å². The molecule has 1 aromatic carbocycles. The second-order valence-corrected chi connectivity index (χ2v) is 3.64. The SMILES string of the molecule is CC(CC=O)c1ccc(CC(F)F)cc1. The smallest absolute Gasteiger partial charge is 0.242 e. The summed E-state index contributed by atoms with van der Waals surface area (Å²) < 4.78 is 24.1. The topological polar surface area (TPSA) is 17.1 Å². The summed E-state index contributed by atoms with van der Waals surface area (Å²) in [6.45, 7) is 1.94. The van der Waals surface area contributed by atoms with Crippen molar-refractivity contribution in [3.63, 3.8) is 0 Å². The van der Waals surface area contributed by atoms with Crippen molar-refractivity contribution in [3.8, 4) is 0 Å². The van der Waals surface area contributed by atoms with E-state index in [0.717, 1.165) is 11.8 Å². The van der Waals surface area contributed by atoms with Gasteiger partial charge in [-0.25, -0.2) is 8.78 Å². The van der Waals surface area contributed by atoms with E-state index in [9.17, 15) is 13.6 Å². The second kappa shape index (κ2) is 5.59. The molecule has 1 atom stereocenters. The Balaban J connectivity index is 2.67. The van der Waals surface area contributed by atoms with Gasteiger partial charge in [-0.05, 0) is 17.0 Å². The van der Waals surface area contributed by atoms with E-state index in [1.165, 1.54) is 0 Å². The number of benzene rings is 1. The normalized spacial score (nSPS) is 12.8. The van der Waals surface area contributed by atoms with Crippen LogP contribution in [-0.2, 0) is 11.2 Å². The molecule has 1 aromatic rings. The van der Waals surface area contributed by atoms with Crippen LogP contribution >= 0.6 is 0 Å². The summed E-state index contributed by atoms with van der Waals surface area (Å²) in [7, 11) is 0. The number of hydrogen-bond acceptors (Lipinski definition) is 1. The van der Waals surface area contributed by atoms with Gasteiger partial charge in [0, 0.05) is 12.8 Å². The van der Waals surface area contributed by atoms with E-state index >= 15 is 0 Å². The lowest BCUT2D eigenvalue weighted by molar-refractivity contribution is -0.108. The molecule has 1 rings (SSSR count). The zero-order valence-electron chi connectivity index (χ0n) is 8.62. The predicted molar refractivity (Wildman–Crippen MR) is 55.2 cm³/mol. The molecule has 1 unspecified atom stereocenters. The maximum atomic E-state index is 12.1. The first-order chi connectivity index (χ1) is 7.13. The number of alkyl halides is 2. The highest BCUT2D eigenvalue weighted by Crippen LogP contribution is 2.19. The summed E-state index contributed by atoms with van der Waals surface area (Å²) in [6.07, 6.45) is -1.17. The Morgan fingerprint density at radius 1 is 1.27 bits per heavy atom. The molecular weight excluding hydrogens is 198 g/mol. The minimum absolute atomic E-state index is 0.156. The van der Waals surface area contributed by atoms with Crippen LogP contribution < -0.4 is 0 Å². The summed E-state index contributed by atoms with van der Waals surface area (Å²) in [5.74, 6) is 0.156. The van der Waals surface area contributed by atoms with E-state index in [2.05, 4.69) is 0 Å². The molecule has 0 amide bonds. The highest BCUT2D eigenvalue weighted by atomic mass is 19.3. The molecule has 0 heterocycles. The lowest BCUT2D eigenvalue weighted by atomic mass is 9.97. The molecule has 0 bridgehead atoms. The fourth-order valence-electron chi connectivity index (χ4n) is 1.44. The predicted octanol–water partition coefficient (Wildman–Crippen LogP) is 3.19. The van der Waals surface area contributed by atoms with Crippen LogP contribution in [0.1, 0.15) is 30.4 Å². The van der Waals surface area contributed by atoms with Crippen LogP contribution in [0.4, 0.5) is 8.78 Å². The Hall–Kier alpha value is -1.25. The molecule has 0 aliphatic rings. The monoisotopic (exact) mass is 212 g/mol. The van der Waals surface area contributed by atoms with Crippen molar-refractivity contribution in [2.45, 2.75) is 32.1 Å². The fourth-order valence-corrected chi connectivity index (χ4v) is 1.44. The molecule has 3 heteroatoms. The zero-order chi connectivity index (χ0) is 11.3. The third-order valence-electron chi connectivity index (χ3n) is 2.39. The minimum atomic E-state index is -2.30. The van der Waals surface area contributed by atoms with Crippen molar-refractivity contribution in [2.75, 3.05) is 0 Å². The van der Waals surface area contributed by atoms with Crippen molar-refractivity contribution < 1.29 is 13.6 Å². The van der Waals surface area contributed by atoms with E-state index in [-0.39, 0.29) is 12.3 Å². The molecule has 0 N–H and O–H groups in total. The van der Waals surface area contributed by atoms with Gasteiger partial charge < -0.3 is 4.79 Å². The molecular formula is C12H14F2O. The first kappa shape index (κ1) is 11.8. The molecule has 0 aromatic heterocycles. The molecule has 0 aliphatic carbocycles. The molecule has 0 aliphatic heterocycles. The van der Waals surface area contributed by atoms with Crippen LogP contribution in [0.15, 0.2) is 24.3 Å². The Bertz CT molecular complexity index is 306. The van der Waals surface area contributed by atoms with Gasteiger partial charge in [-0.3, -0.25) is 0 Å². The highest BCUT2D eigenvalue weighted by molar-refractivity contribution is 5.51. The zero-order valence-corrected chi connectivity index (χ0v) is 8.62. The molecule has 0 fully saturated rings. The van der Waals surface area contributed by atoms with E-state index in [1.54, 1.807) is 12.1 Å². The Morgan fingerprint density at radius 3 is 2.33 bits per heavy atom. The van der Waals surface area contributed by atoms with Crippen molar-refractivity contribution in [2.24, 2.45) is 0 Å². The van der Waals surface area contributed by atoms with E-state index in [0.29, 0.717) is 12.0 Å². The summed E-state index contributed by atoms with van der Waals surface area (Å²) in [4.78, 5) is 10.3. The molecule has 15 heavy (non-hydrogen) atoms. The number of aldehydes is 1. The second-order valence-electron chi connectivity index (χ2n) is 3.64. The Morgan fingerprint density at radius 2 is 1.87 bits per heavy atom. The molecule has 0 saturated heterocycles. The first-order valence-corrected chi connectivity index (χ1v) is 4.94. The number of rotatable bonds is 5. The Kier molecular flexibility index (Phi) is 4.40. The highest BCUT2D eigenvalue weighted by Gasteiger charge is 2.07. The standard InChI is InChI=1S/C12H14F2O/c1-9(6-7-15)11-4-2-10(3-5-11)8-12(13)14/h2-5,7,9,12H,6,8H2,1H3.